The van der Waals surface area contributed by atoms with Gasteiger partial charge in [-0.25, -0.2) is 0 Å². The van der Waals surface area contributed by atoms with Gasteiger partial charge >= 0.3 is 0 Å². The molecular weight excluding hydrogens is 664 g/mol. The minimum atomic E-state index is -0.206. The molecule has 0 spiro atoms. The van der Waals surface area contributed by atoms with Crippen LogP contribution in [0, 0.1) is 0 Å². The van der Waals surface area contributed by atoms with Gasteiger partial charge in [-0.2, -0.15) is 0 Å². The van der Waals surface area contributed by atoms with Crippen molar-refractivity contribution in [1.29, 1.82) is 0 Å². The molecule has 5 atom stereocenters. The lowest BCUT2D eigenvalue weighted by atomic mass is 10.0. The number of ketones is 1. The van der Waals surface area contributed by atoms with Crippen LogP contribution in [0.4, 0.5) is 0 Å². The first kappa shape index (κ1) is 45.8. The second-order valence-electron chi connectivity index (χ2n) is 14.2. The molecule has 5 unspecified atom stereocenters. The molecule has 7 heteroatoms. The van der Waals surface area contributed by atoms with Crippen LogP contribution in [0.1, 0.15) is 181 Å². The molecule has 2 rings (SSSR count). The van der Waals surface area contributed by atoms with Crippen LogP contribution < -0.4 is 28.4 Å². The van der Waals surface area contributed by atoms with Crippen molar-refractivity contribution < 1.29 is 33.2 Å². The Hall–Kier alpha value is -3.35. The molecule has 0 fully saturated rings. The Morgan fingerprint density at radius 1 is 0.509 bits per heavy atom. The summed E-state index contributed by atoms with van der Waals surface area (Å²) < 4.78 is 39.0. The summed E-state index contributed by atoms with van der Waals surface area (Å²) in [6.45, 7) is 21.5. The highest BCUT2D eigenvalue weighted by Crippen LogP contribution is 2.42. The number of ether oxygens (including phenoxy) is 6. The van der Waals surface area contributed by atoms with Crippen molar-refractivity contribution >= 4 is 11.9 Å². The lowest BCUT2D eigenvalue weighted by molar-refractivity contribution is 0.103. The molecule has 300 valence electrons. The van der Waals surface area contributed by atoms with E-state index < -0.39 is 0 Å². The van der Waals surface area contributed by atoms with Crippen molar-refractivity contribution in [2.75, 3.05) is 7.11 Å². The van der Waals surface area contributed by atoms with Crippen LogP contribution in [0.3, 0.4) is 0 Å². The molecule has 0 aromatic heterocycles. The van der Waals surface area contributed by atoms with Crippen molar-refractivity contribution in [3.8, 4) is 34.5 Å². The average Bonchev–Trinajstić information content (AvgIpc) is 3.16. The van der Waals surface area contributed by atoms with E-state index in [2.05, 4.69) is 69.2 Å². The van der Waals surface area contributed by atoms with E-state index in [1.54, 1.807) is 13.2 Å². The molecule has 0 N–H and O–H groups in total. The molecule has 7 nitrogen and oxygen atoms in total. The summed E-state index contributed by atoms with van der Waals surface area (Å²) in [6, 6.07) is 7.64. The van der Waals surface area contributed by atoms with E-state index in [1.165, 1.54) is 0 Å². The summed E-state index contributed by atoms with van der Waals surface area (Å²) in [5, 5.41) is 0. The van der Waals surface area contributed by atoms with Crippen molar-refractivity contribution in [2.45, 2.75) is 196 Å². The molecule has 0 radical (unpaired) electrons. The molecule has 2 aromatic rings. The molecule has 53 heavy (non-hydrogen) atoms. The molecule has 0 aliphatic rings. The van der Waals surface area contributed by atoms with Crippen LogP contribution >= 0.6 is 0 Å². The maximum Gasteiger partial charge on any atom is 0.189 e. The lowest BCUT2D eigenvalue weighted by Gasteiger charge is -2.26. The maximum absolute atomic E-state index is 14.6. The van der Waals surface area contributed by atoms with E-state index in [9.17, 15) is 4.79 Å². The molecular formula is C46H74O7. The number of allylic oxidation sites excluding steroid dienone is 1. The van der Waals surface area contributed by atoms with Gasteiger partial charge in [0.1, 0.15) is 11.5 Å². The highest BCUT2D eigenvalue weighted by Gasteiger charge is 2.25. The van der Waals surface area contributed by atoms with Crippen LogP contribution in [-0.4, -0.2) is 43.4 Å². The predicted octanol–water partition coefficient (Wildman–Crippen LogP) is 13.4. The van der Waals surface area contributed by atoms with Gasteiger partial charge in [-0.05, 0) is 88.5 Å². The minimum Gasteiger partial charge on any atom is -0.493 e. The molecule has 0 bridgehead atoms. The van der Waals surface area contributed by atoms with Gasteiger partial charge in [-0.1, -0.05) is 101 Å². The highest BCUT2D eigenvalue weighted by molar-refractivity contribution is 6.09. The Morgan fingerprint density at radius 3 is 1.34 bits per heavy atom. The van der Waals surface area contributed by atoms with E-state index in [0.717, 1.165) is 102 Å². The third-order valence-corrected chi connectivity index (χ3v) is 9.78. The van der Waals surface area contributed by atoms with E-state index in [0.29, 0.717) is 40.1 Å². The van der Waals surface area contributed by atoms with Crippen molar-refractivity contribution in [3.05, 3.63) is 41.5 Å². The fourth-order valence-electron chi connectivity index (χ4n) is 6.60. The number of hydrogen-bond acceptors (Lipinski definition) is 7. The number of hydrogen-bond donors (Lipinski definition) is 0. The Labute approximate surface area is 323 Å². The van der Waals surface area contributed by atoms with Crippen LogP contribution in [0.15, 0.2) is 30.3 Å². The Morgan fingerprint density at radius 2 is 0.906 bits per heavy atom. The molecule has 2 aromatic carbocycles. The van der Waals surface area contributed by atoms with Gasteiger partial charge in [0.2, 0.25) is 0 Å². The van der Waals surface area contributed by atoms with Gasteiger partial charge in [-0.15, -0.1) is 0 Å². The topological polar surface area (TPSA) is 72.5 Å². The fraction of sp³-hybridized carbons (Fsp3) is 0.674. The van der Waals surface area contributed by atoms with Crippen LogP contribution in [0.2, 0.25) is 0 Å². The zero-order chi connectivity index (χ0) is 39.2. The van der Waals surface area contributed by atoms with E-state index >= 15 is 0 Å². The second kappa shape index (κ2) is 25.6. The monoisotopic (exact) mass is 739 g/mol. The normalized spacial score (nSPS) is 14.3. The van der Waals surface area contributed by atoms with E-state index in [-0.39, 0.29) is 36.3 Å². The van der Waals surface area contributed by atoms with E-state index in [4.69, 9.17) is 28.4 Å². The number of methoxy groups -OCH3 is 1. The number of carbonyl (C=O) groups is 1. The molecule has 0 aliphatic heterocycles. The van der Waals surface area contributed by atoms with Crippen LogP contribution in [0.25, 0.3) is 6.08 Å². The predicted molar refractivity (Wildman–Crippen MR) is 221 cm³/mol. The number of benzene rings is 2. The zero-order valence-electron chi connectivity index (χ0n) is 35.3. The molecule has 0 saturated carbocycles. The standard InChI is InChI=1S/C46H74O7/c1-12-22-34(17-6)49-39-29-33(45(43(31-39)48-11)52-37(20-9)25-15-4)27-28-42(47)41-30-40(50-35(18-7)23-13-2)32-44(51-36(19-8)24-14-3)46(41)53-38(21-10)26-16-5/h27-32,34-38H,12-26H2,1-11H3. The average molecular weight is 739 g/mol. The van der Waals surface area contributed by atoms with Crippen molar-refractivity contribution in [1.82, 2.24) is 0 Å². The molecule has 0 saturated heterocycles. The van der Waals surface area contributed by atoms with Gasteiger partial charge in [-0.3, -0.25) is 4.79 Å². The largest absolute Gasteiger partial charge is 0.493 e. The van der Waals surface area contributed by atoms with E-state index in [1.807, 2.05) is 30.3 Å². The second-order valence-corrected chi connectivity index (χ2v) is 14.2. The van der Waals surface area contributed by atoms with Crippen LogP contribution in [-0.2, 0) is 0 Å². The molecule has 0 amide bonds. The first-order valence-corrected chi connectivity index (χ1v) is 21.1. The number of carbonyl (C=O) groups excluding carboxylic acids is 1. The minimum absolute atomic E-state index is 0.00866. The van der Waals surface area contributed by atoms with Gasteiger partial charge < -0.3 is 28.4 Å². The Bertz CT molecular complexity index is 1350. The van der Waals surface area contributed by atoms with Gasteiger partial charge in [0.15, 0.2) is 28.8 Å². The van der Waals surface area contributed by atoms with Gasteiger partial charge in [0.25, 0.3) is 0 Å². The van der Waals surface area contributed by atoms with Crippen molar-refractivity contribution in [3.63, 3.8) is 0 Å². The summed E-state index contributed by atoms with van der Waals surface area (Å²) in [4.78, 5) is 14.6. The quantitative estimate of drug-likeness (QED) is 0.0608. The summed E-state index contributed by atoms with van der Waals surface area (Å²) >= 11 is 0. The lowest BCUT2D eigenvalue weighted by Crippen LogP contribution is -2.21. The van der Waals surface area contributed by atoms with Gasteiger partial charge in [0, 0.05) is 17.7 Å². The fourth-order valence-corrected chi connectivity index (χ4v) is 6.60. The third-order valence-electron chi connectivity index (χ3n) is 9.78. The summed E-state index contributed by atoms with van der Waals surface area (Å²) in [7, 11) is 1.65. The first-order valence-electron chi connectivity index (χ1n) is 21.1. The summed E-state index contributed by atoms with van der Waals surface area (Å²) in [5.41, 5.74) is 1.15. The smallest absolute Gasteiger partial charge is 0.189 e. The SMILES string of the molecule is CCCC(CC)Oc1cc(C=CC(=O)c2cc(OC(CC)CCC)cc(OC(CC)CCC)c2OC(CC)CCC)c(OC(CC)CCC)c(OC)c1. The Balaban J connectivity index is 2.84. The Kier molecular flexibility index (Phi) is 22.2. The molecule has 0 heterocycles. The number of rotatable bonds is 29. The highest BCUT2D eigenvalue weighted by atomic mass is 16.5. The first-order chi connectivity index (χ1) is 25.7. The van der Waals surface area contributed by atoms with Crippen LogP contribution in [0.5, 0.6) is 34.5 Å². The van der Waals surface area contributed by atoms with Crippen molar-refractivity contribution in [2.24, 2.45) is 0 Å². The maximum atomic E-state index is 14.6. The summed E-state index contributed by atoms with van der Waals surface area (Å²) in [6.07, 6.45) is 17.3. The zero-order valence-corrected chi connectivity index (χ0v) is 35.3. The third kappa shape index (κ3) is 14.8. The summed E-state index contributed by atoms with van der Waals surface area (Å²) in [5.74, 6) is 3.34. The van der Waals surface area contributed by atoms with Gasteiger partial charge in [0.05, 0.1) is 43.2 Å². The molecule has 0 aliphatic carbocycles.